The summed E-state index contributed by atoms with van der Waals surface area (Å²) in [5.41, 5.74) is 1.73. The molecule has 0 N–H and O–H groups in total. The first-order valence-corrected chi connectivity index (χ1v) is 7.88. The van der Waals surface area contributed by atoms with Crippen molar-refractivity contribution >= 4 is 40.3 Å². The Labute approximate surface area is 131 Å². The van der Waals surface area contributed by atoms with Crippen molar-refractivity contribution in [2.45, 2.75) is 13.1 Å². The van der Waals surface area contributed by atoms with Crippen molar-refractivity contribution in [1.82, 2.24) is 4.31 Å². The minimum absolute atomic E-state index is 0.249. The van der Waals surface area contributed by atoms with Gasteiger partial charge in [0, 0.05) is 17.4 Å². The van der Waals surface area contributed by atoms with Gasteiger partial charge in [0.15, 0.2) is 17.7 Å². The first-order valence-electron chi connectivity index (χ1n) is 5.94. The van der Waals surface area contributed by atoms with Gasteiger partial charge >= 0.3 is 0 Å². The Balaban J connectivity index is 2.01. The molecule has 1 aromatic carbocycles. The normalized spacial score (nSPS) is 21.3. The van der Waals surface area contributed by atoms with Crippen LogP contribution in [-0.4, -0.2) is 22.5 Å². The lowest BCUT2D eigenvalue weighted by Crippen LogP contribution is -2.24. The average Bonchev–Trinajstić information content (AvgIpc) is 2.91. The predicted molar refractivity (Wildman–Crippen MR) is 82.5 cm³/mol. The fourth-order valence-electron chi connectivity index (χ4n) is 2.08. The van der Waals surface area contributed by atoms with Crippen molar-refractivity contribution in [3.8, 4) is 11.5 Å². The lowest BCUT2D eigenvalue weighted by Gasteiger charge is -2.32. The Kier molecular flexibility index (Phi) is 3.75. The minimum Gasteiger partial charge on any atom is -0.454 e. The van der Waals surface area contributed by atoms with Gasteiger partial charge in [-0.25, -0.2) is 4.99 Å². The highest BCUT2D eigenvalue weighted by molar-refractivity contribution is 7.96. The number of hydrogen-bond acceptors (Lipinski definition) is 5. The standard InChI is InChI=1S/C13H12Cl2N2O2S/c1-7-11(14)16-13(17(20-2)12(7)15)8-3-4-9-10(5-8)19-6-18-9/h3-5,13H,6H2,1-2H3. The Bertz CT molecular complexity index is 618. The fourth-order valence-corrected chi connectivity index (χ4v) is 3.36. The molecule has 0 spiro atoms. The third-order valence-electron chi connectivity index (χ3n) is 3.16. The summed E-state index contributed by atoms with van der Waals surface area (Å²) in [5, 5.41) is 1.03. The Morgan fingerprint density at radius 1 is 1.30 bits per heavy atom. The summed E-state index contributed by atoms with van der Waals surface area (Å²) in [4.78, 5) is 4.51. The first kappa shape index (κ1) is 13.9. The van der Waals surface area contributed by atoms with Crippen molar-refractivity contribution in [3.05, 3.63) is 34.5 Å². The van der Waals surface area contributed by atoms with E-state index in [1.54, 1.807) is 0 Å². The number of halogens is 2. The molecule has 0 fully saturated rings. The maximum Gasteiger partial charge on any atom is 0.231 e. The third-order valence-corrected chi connectivity index (χ3v) is 4.88. The van der Waals surface area contributed by atoms with Crippen molar-refractivity contribution in [2.24, 2.45) is 4.99 Å². The molecule has 0 amide bonds. The van der Waals surface area contributed by atoms with E-state index in [4.69, 9.17) is 32.7 Å². The number of allylic oxidation sites excluding steroid dienone is 1. The first-order chi connectivity index (χ1) is 9.61. The van der Waals surface area contributed by atoms with E-state index in [2.05, 4.69) is 4.99 Å². The molecule has 2 heterocycles. The second-order valence-corrected chi connectivity index (χ2v) is 5.81. The Hall–Kier alpha value is -1.04. The second-order valence-electron chi connectivity index (χ2n) is 4.33. The second kappa shape index (κ2) is 5.39. The average molecular weight is 331 g/mol. The summed E-state index contributed by atoms with van der Waals surface area (Å²) >= 11 is 14.0. The lowest BCUT2D eigenvalue weighted by atomic mass is 10.1. The van der Waals surface area contributed by atoms with Crippen LogP contribution in [0.15, 0.2) is 33.9 Å². The van der Waals surface area contributed by atoms with Gasteiger partial charge in [0.25, 0.3) is 0 Å². The van der Waals surface area contributed by atoms with Gasteiger partial charge in [-0.3, -0.25) is 4.31 Å². The molecular formula is C13H12Cl2N2O2S. The highest BCUT2D eigenvalue weighted by Gasteiger charge is 2.29. The summed E-state index contributed by atoms with van der Waals surface area (Å²) in [6, 6.07) is 5.73. The van der Waals surface area contributed by atoms with Crippen LogP contribution in [0.1, 0.15) is 18.7 Å². The summed E-state index contributed by atoms with van der Waals surface area (Å²) in [7, 11) is 0. The zero-order valence-electron chi connectivity index (χ0n) is 10.9. The van der Waals surface area contributed by atoms with Gasteiger partial charge in [-0.2, -0.15) is 0 Å². The van der Waals surface area contributed by atoms with Gasteiger partial charge in [0.2, 0.25) is 6.79 Å². The SMILES string of the molecule is CSN1C(Cl)=C(C)C(Cl)=NC1c1ccc2c(c1)OCO2. The highest BCUT2D eigenvalue weighted by Crippen LogP contribution is 2.42. The molecule has 3 rings (SSSR count). The van der Waals surface area contributed by atoms with E-state index < -0.39 is 0 Å². The number of fused-ring (bicyclic) bond motifs is 1. The molecule has 1 unspecified atom stereocenters. The molecule has 0 radical (unpaired) electrons. The molecule has 106 valence electrons. The fraction of sp³-hybridized carbons (Fsp3) is 0.308. The van der Waals surface area contributed by atoms with Crippen LogP contribution in [0.4, 0.5) is 0 Å². The molecule has 2 aliphatic heterocycles. The number of aliphatic imine (C=N–C) groups is 1. The van der Waals surface area contributed by atoms with Gasteiger partial charge in [-0.15, -0.1) is 0 Å². The molecule has 0 saturated heterocycles. The molecular weight excluding hydrogens is 319 g/mol. The van der Waals surface area contributed by atoms with Gasteiger partial charge in [0.05, 0.1) is 0 Å². The maximum absolute atomic E-state index is 6.35. The summed E-state index contributed by atoms with van der Waals surface area (Å²) in [5.74, 6) is 1.46. The quantitative estimate of drug-likeness (QED) is 0.603. The lowest BCUT2D eigenvalue weighted by molar-refractivity contribution is 0.174. The van der Waals surface area contributed by atoms with E-state index in [1.165, 1.54) is 11.9 Å². The number of hydrogen-bond donors (Lipinski definition) is 0. The van der Waals surface area contributed by atoms with E-state index in [0.29, 0.717) is 10.3 Å². The summed E-state index contributed by atoms with van der Waals surface area (Å²) < 4.78 is 12.6. The Morgan fingerprint density at radius 2 is 2.05 bits per heavy atom. The summed E-state index contributed by atoms with van der Waals surface area (Å²) in [6.07, 6.45) is 1.67. The van der Waals surface area contributed by atoms with Crippen LogP contribution < -0.4 is 9.47 Å². The number of ether oxygens (including phenoxy) is 2. The zero-order chi connectivity index (χ0) is 14.3. The van der Waals surface area contributed by atoms with Gasteiger partial charge in [0.1, 0.15) is 10.3 Å². The van der Waals surface area contributed by atoms with Crippen molar-refractivity contribution in [2.75, 3.05) is 13.0 Å². The molecule has 7 heteroatoms. The molecule has 0 aromatic heterocycles. The molecule has 4 nitrogen and oxygen atoms in total. The molecule has 20 heavy (non-hydrogen) atoms. The molecule has 1 atom stereocenters. The van der Waals surface area contributed by atoms with Gasteiger partial charge < -0.3 is 9.47 Å². The smallest absolute Gasteiger partial charge is 0.231 e. The number of nitrogens with zero attached hydrogens (tertiary/aromatic N) is 2. The third kappa shape index (κ3) is 2.24. The largest absolute Gasteiger partial charge is 0.454 e. The van der Waals surface area contributed by atoms with Crippen LogP contribution in [0.2, 0.25) is 0 Å². The molecule has 0 saturated carbocycles. The van der Waals surface area contributed by atoms with Crippen LogP contribution in [0.5, 0.6) is 11.5 Å². The zero-order valence-corrected chi connectivity index (χ0v) is 13.2. The van der Waals surface area contributed by atoms with Crippen molar-refractivity contribution in [3.63, 3.8) is 0 Å². The highest BCUT2D eigenvalue weighted by atomic mass is 35.5. The van der Waals surface area contributed by atoms with Gasteiger partial charge in [-0.05, 0) is 19.1 Å². The van der Waals surface area contributed by atoms with Crippen molar-refractivity contribution < 1.29 is 9.47 Å². The van der Waals surface area contributed by atoms with Crippen LogP contribution in [-0.2, 0) is 0 Å². The van der Waals surface area contributed by atoms with Crippen LogP contribution >= 0.6 is 35.1 Å². The van der Waals surface area contributed by atoms with E-state index in [1.807, 2.05) is 35.7 Å². The van der Waals surface area contributed by atoms with Crippen LogP contribution in [0.3, 0.4) is 0 Å². The van der Waals surface area contributed by atoms with E-state index in [-0.39, 0.29) is 13.0 Å². The maximum atomic E-state index is 6.35. The van der Waals surface area contributed by atoms with E-state index in [9.17, 15) is 0 Å². The molecule has 1 aromatic rings. The van der Waals surface area contributed by atoms with E-state index >= 15 is 0 Å². The topological polar surface area (TPSA) is 34.1 Å². The van der Waals surface area contributed by atoms with Crippen molar-refractivity contribution in [1.29, 1.82) is 0 Å². The minimum atomic E-state index is -0.275. The molecule has 0 bridgehead atoms. The number of rotatable bonds is 2. The van der Waals surface area contributed by atoms with Crippen LogP contribution in [0.25, 0.3) is 0 Å². The van der Waals surface area contributed by atoms with E-state index in [0.717, 1.165) is 22.6 Å². The van der Waals surface area contributed by atoms with Crippen LogP contribution in [0, 0.1) is 0 Å². The summed E-state index contributed by atoms with van der Waals surface area (Å²) in [6.45, 7) is 2.10. The molecule has 2 aliphatic rings. The molecule has 0 aliphatic carbocycles. The predicted octanol–water partition coefficient (Wildman–Crippen LogP) is 4.12. The monoisotopic (exact) mass is 330 g/mol. The Morgan fingerprint density at radius 3 is 2.80 bits per heavy atom. The van der Waals surface area contributed by atoms with Gasteiger partial charge in [-0.1, -0.05) is 41.2 Å². The number of benzene rings is 1.